The summed E-state index contributed by atoms with van der Waals surface area (Å²) in [7, 11) is 0.889. The van der Waals surface area contributed by atoms with Gasteiger partial charge in [0, 0.05) is 0 Å². The molecule has 2 nitrogen and oxygen atoms in total. The minimum Gasteiger partial charge on any atom is -0.429 e. The average molecular weight is 181 g/mol. The van der Waals surface area contributed by atoms with Gasteiger partial charge in [-0.2, -0.15) is 0 Å². The molecule has 13 heavy (non-hydrogen) atoms. The van der Waals surface area contributed by atoms with Crippen LogP contribution in [0.1, 0.15) is 40.0 Å². The van der Waals surface area contributed by atoms with Gasteiger partial charge in [0.1, 0.15) is 0 Å². The summed E-state index contributed by atoms with van der Waals surface area (Å²) < 4.78 is 5.49. The SMILES string of the molecule is CC1CCC2CC1(O[B]O)C2(C)C. The molecule has 3 atom stereocenters. The zero-order valence-corrected chi connectivity index (χ0v) is 8.71. The summed E-state index contributed by atoms with van der Waals surface area (Å²) in [6.07, 6.45) is 3.69. The maximum absolute atomic E-state index is 8.81. The van der Waals surface area contributed by atoms with Crippen molar-refractivity contribution in [2.75, 3.05) is 0 Å². The quantitative estimate of drug-likeness (QED) is 0.657. The van der Waals surface area contributed by atoms with E-state index in [0.717, 1.165) is 20.0 Å². The minimum atomic E-state index is -0.0787. The maximum Gasteiger partial charge on any atom is 0.485 e. The Morgan fingerprint density at radius 3 is 2.54 bits per heavy atom. The normalized spacial score (nSPS) is 46.8. The van der Waals surface area contributed by atoms with E-state index in [1.165, 1.54) is 12.8 Å². The lowest BCUT2D eigenvalue weighted by atomic mass is 9.42. The van der Waals surface area contributed by atoms with Crippen LogP contribution in [0.5, 0.6) is 0 Å². The Balaban J connectivity index is 2.23. The van der Waals surface area contributed by atoms with Gasteiger partial charge in [0.05, 0.1) is 5.60 Å². The van der Waals surface area contributed by atoms with Crippen molar-refractivity contribution in [3.63, 3.8) is 0 Å². The first kappa shape index (κ1) is 9.54. The summed E-state index contributed by atoms with van der Waals surface area (Å²) in [6.45, 7) is 6.77. The summed E-state index contributed by atoms with van der Waals surface area (Å²) >= 11 is 0. The highest BCUT2D eigenvalue weighted by Gasteiger charge is 2.65. The van der Waals surface area contributed by atoms with E-state index < -0.39 is 0 Å². The topological polar surface area (TPSA) is 29.5 Å². The predicted molar refractivity (Wildman–Crippen MR) is 52.1 cm³/mol. The molecule has 1 N–H and O–H groups in total. The molecule has 0 aromatic heterocycles. The highest BCUT2D eigenvalue weighted by molar-refractivity contribution is 6.16. The van der Waals surface area contributed by atoms with Gasteiger partial charge in [-0.25, -0.2) is 0 Å². The lowest BCUT2D eigenvalue weighted by Gasteiger charge is -2.68. The molecule has 3 aliphatic carbocycles. The molecule has 3 fully saturated rings. The third kappa shape index (κ3) is 0.976. The van der Waals surface area contributed by atoms with Crippen LogP contribution >= 0.6 is 0 Å². The van der Waals surface area contributed by atoms with Gasteiger partial charge in [-0.15, -0.1) is 0 Å². The zero-order valence-electron chi connectivity index (χ0n) is 8.71. The van der Waals surface area contributed by atoms with Crippen LogP contribution in [0.3, 0.4) is 0 Å². The molecule has 2 bridgehead atoms. The van der Waals surface area contributed by atoms with E-state index in [0.29, 0.717) is 5.92 Å². The van der Waals surface area contributed by atoms with Crippen LogP contribution in [0.25, 0.3) is 0 Å². The third-order valence-electron chi connectivity index (χ3n) is 4.67. The molecule has 0 saturated heterocycles. The second-order valence-corrected chi connectivity index (χ2v) is 5.21. The van der Waals surface area contributed by atoms with Crippen LogP contribution in [0.15, 0.2) is 0 Å². The van der Waals surface area contributed by atoms with Gasteiger partial charge < -0.3 is 9.68 Å². The number of hydrogen-bond acceptors (Lipinski definition) is 2. The van der Waals surface area contributed by atoms with Crippen LogP contribution in [-0.2, 0) is 4.65 Å². The molecule has 0 spiro atoms. The Hall–Kier alpha value is -0.0151. The zero-order chi connectivity index (χ0) is 9.69. The molecule has 1 radical (unpaired) electrons. The molecule has 3 aliphatic rings. The van der Waals surface area contributed by atoms with Gasteiger partial charge in [-0.3, -0.25) is 0 Å². The molecule has 0 heterocycles. The standard InChI is InChI=1S/C10H18BO2/c1-7-4-5-8-6-10(7,13-11-12)9(8,2)3/h7-8,12H,4-6H2,1-3H3. The van der Waals surface area contributed by atoms with Crippen molar-refractivity contribution in [2.24, 2.45) is 17.3 Å². The van der Waals surface area contributed by atoms with Gasteiger partial charge >= 0.3 is 7.69 Å². The Kier molecular flexibility index (Phi) is 2.01. The van der Waals surface area contributed by atoms with E-state index in [2.05, 4.69) is 20.8 Å². The van der Waals surface area contributed by atoms with Crippen LogP contribution in [-0.4, -0.2) is 18.3 Å². The molecule has 73 valence electrons. The lowest BCUT2D eigenvalue weighted by Crippen LogP contribution is -2.68. The van der Waals surface area contributed by atoms with E-state index in [9.17, 15) is 0 Å². The van der Waals surface area contributed by atoms with Crippen molar-refractivity contribution in [3.8, 4) is 0 Å². The number of rotatable bonds is 2. The van der Waals surface area contributed by atoms with E-state index in [4.69, 9.17) is 9.68 Å². The molecule has 0 aliphatic heterocycles. The molecule has 0 aromatic carbocycles. The monoisotopic (exact) mass is 181 g/mol. The van der Waals surface area contributed by atoms with Gasteiger partial charge in [-0.05, 0) is 36.5 Å². The summed E-state index contributed by atoms with van der Waals surface area (Å²) in [4.78, 5) is 0. The fourth-order valence-corrected chi connectivity index (χ4v) is 3.49. The van der Waals surface area contributed by atoms with Gasteiger partial charge in [-0.1, -0.05) is 20.8 Å². The van der Waals surface area contributed by atoms with Gasteiger partial charge in [0.2, 0.25) is 0 Å². The molecule has 3 unspecified atom stereocenters. The second-order valence-electron chi connectivity index (χ2n) is 5.21. The summed E-state index contributed by atoms with van der Waals surface area (Å²) in [6, 6.07) is 0. The molecular formula is C10H18BO2. The van der Waals surface area contributed by atoms with Crippen molar-refractivity contribution in [2.45, 2.75) is 45.6 Å². The number of fused-ring (bicyclic) bond motifs is 2. The fourth-order valence-electron chi connectivity index (χ4n) is 3.49. The van der Waals surface area contributed by atoms with Crippen molar-refractivity contribution < 1.29 is 9.68 Å². The Morgan fingerprint density at radius 2 is 2.08 bits per heavy atom. The predicted octanol–water partition coefficient (Wildman–Crippen LogP) is 1.74. The largest absolute Gasteiger partial charge is 0.485 e. The summed E-state index contributed by atoms with van der Waals surface area (Å²) in [5, 5.41) is 8.81. The minimum absolute atomic E-state index is 0.0787. The van der Waals surface area contributed by atoms with Crippen LogP contribution in [0.4, 0.5) is 0 Å². The van der Waals surface area contributed by atoms with Crippen LogP contribution in [0, 0.1) is 17.3 Å². The highest BCUT2D eigenvalue weighted by atomic mass is 16.5. The first-order valence-electron chi connectivity index (χ1n) is 5.18. The fraction of sp³-hybridized carbons (Fsp3) is 1.00. The van der Waals surface area contributed by atoms with Gasteiger partial charge in [0.15, 0.2) is 0 Å². The molecule has 3 heteroatoms. The average Bonchev–Trinajstić information content (AvgIpc) is 2.08. The Morgan fingerprint density at radius 1 is 1.38 bits per heavy atom. The first-order valence-corrected chi connectivity index (χ1v) is 5.18. The lowest BCUT2D eigenvalue weighted by molar-refractivity contribution is -0.239. The Labute approximate surface area is 81.0 Å². The molecule has 0 amide bonds. The molecule has 0 aromatic rings. The molecule has 3 rings (SSSR count). The van der Waals surface area contributed by atoms with Crippen molar-refractivity contribution in [3.05, 3.63) is 0 Å². The first-order chi connectivity index (χ1) is 6.04. The molecular weight excluding hydrogens is 163 g/mol. The van der Waals surface area contributed by atoms with Crippen molar-refractivity contribution >= 4 is 7.69 Å². The summed E-state index contributed by atoms with van der Waals surface area (Å²) in [5.41, 5.74) is 0.161. The van der Waals surface area contributed by atoms with E-state index in [1.54, 1.807) is 0 Å². The highest BCUT2D eigenvalue weighted by Crippen LogP contribution is 2.65. The Bertz CT molecular complexity index is 213. The number of hydrogen-bond donors (Lipinski definition) is 1. The van der Waals surface area contributed by atoms with E-state index in [1.807, 2.05) is 0 Å². The van der Waals surface area contributed by atoms with Crippen LogP contribution in [0.2, 0.25) is 0 Å². The van der Waals surface area contributed by atoms with E-state index in [-0.39, 0.29) is 11.0 Å². The molecule has 3 saturated carbocycles. The van der Waals surface area contributed by atoms with Crippen molar-refractivity contribution in [1.82, 2.24) is 0 Å². The smallest absolute Gasteiger partial charge is 0.429 e. The second kappa shape index (κ2) is 2.74. The maximum atomic E-state index is 8.81. The van der Waals surface area contributed by atoms with Crippen molar-refractivity contribution in [1.29, 1.82) is 0 Å². The third-order valence-corrected chi connectivity index (χ3v) is 4.67. The van der Waals surface area contributed by atoms with Crippen LogP contribution < -0.4 is 0 Å². The van der Waals surface area contributed by atoms with E-state index >= 15 is 0 Å². The summed E-state index contributed by atoms with van der Waals surface area (Å²) in [5.74, 6) is 1.36. The van der Waals surface area contributed by atoms with Gasteiger partial charge in [0.25, 0.3) is 0 Å².